The summed E-state index contributed by atoms with van der Waals surface area (Å²) >= 11 is 0. The van der Waals surface area contributed by atoms with Crippen LogP contribution in [0.1, 0.15) is 51.0 Å². The molecule has 0 spiro atoms. The second kappa shape index (κ2) is 9.06. The lowest BCUT2D eigenvalue weighted by Crippen LogP contribution is -2.34. The molecule has 0 bridgehead atoms. The van der Waals surface area contributed by atoms with Crippen molar-refractivity contribution in [3.8, 4) is 5.75 Å². The Bertz CT molecular complexity index is 400. The number of hydrogen-bond acceptors (Lipinski definition) is 3. The molecule has 0 radical (unpaired) electrons. The van der Waals surface area contributed by atoms with Crippen LogP contribution >= 0.6 is 0 Å². The van der Waals surface area contributed by atoms with Crippen LogP contribution in [0.3, 0.4) is 0 Å². The molecule has 21 heavy (non-hydrogen) atoms. The van der Waals surface area contributed by atoms with Crippen molar-refractivity contribution in [2.45, 2.75) is 51.5 Å². The highest BCUT2D eigenvalue weighted by atomic mass is 16.5. The van der Waals surface area contributed by atoms with Gasteiger partial charge in [0.25, 0.3) is 0 Å². The van der Waals surface area contributed by atoms with Crippen molar-refractivity contribution >= 4 is 0 Å². The molecule has 1 aromatic rings. The highest BCUT2D eigenvalue weighted by Crippen LogP contribution is 2.25. The third kappa shape index (κ3) is 5.68. The molecule has 1 aliphatic rings. The smallest absolute Gasteiger partial charge is 0.122 e. The molecule has 1 heterocycles. The number of para-hydroxylation sites is 1. The lowest BCUT2D eigenvalue weighted by atomic mass is 10.0. The number of nitrogens with one attached hydrogen (secondary N) is 1. The lowest BCUT2D eigenvalue weighted by molar-refractivity contribution is 0.0907. The average Bonchev–Trinajstić information content (AvgIpc) is 2.52. The van der Waals surface area contributed by atoms with Gasteiger partial charge in [-0.3, -0.25) is 0 Å². The molecule has 0 aliphatic carbocycles. The summed E-state index contributed by atoms with van der Waals surface area (Å²) in [6, 6.07) is 8.92. The number of benzene rings is 1. The van der Waals surface area contributed by atoms with E-state index in [1.165, 1.54) is 31.4 Å². The molecular weight excluding hydrogens is 262 g/mol. The normalized spacial score (nSPS) is 18.9. The predicted octanol–water partition coefficient (Wildman–Crippen LogP) is 3.74. The zero-order valence-electron chi connectivity index (χ0n) is 13.4. The van der Waals surface area contributed by atoms with Crippen molar-refractivity contribution in [3.05, 3.63) is 29.8 Å². The molecule has 1 saturated heterocycles. The third-order valence-electron chi connectivity index (χ3n) is 4.05. The van der Waals surface area contributed by atoms with E-state index in [1.807, 2.05) is 12.1 Å². The van der Waals surface area contributed by atoms with Gasteiger partial charge in [0, 0.05) is 12.6 Å². The third-order valence-corrected chi connectivity index (χ3v) is 4.05. The highest BCUT2D eigenvalue weighted by molar-refractivity contribution is 5.35. The maximum Gasteiger partial charge on any atom is 0.122 e. The van der Waals surface area contributed by atoms with Crippen LogP contribution in [0.15, 0.2) is 24.3 Å². The molecule has 0 amide bonds. The highest BCUT2D eigenvalue weighted by Gasteiger charge is 2.11. The predicted molar refractivity (Wildman–Crippen MR) is 87.1 cm³/mol. The molecule has 3 nitrogen and oxygen atoms in total. The first-order valence-corrected chi connectivity index (χ1v) is 8.30. The molecule has 1 aromatic carbocycles. The van der Waals surface area contributed by atoms with Gasteiger partial charge in [-0.15, -0.1) is 0 Å². The topological polar surface area (TPSA) is 30.5 Å². The van der Waals surface area contributed by atoms with Gasteiger partial charge in [-0.05, 0) is 43.4 Å². The number of piperidine rings is 1. The van der Waals surface area contributed by atoms with Crippen molar-refractivity contribution in [1.29, 1.82) is 0 Å². The standard InChI is InChI=1S/C18H29NO2/c1-15(2)17-8-3-4-9-18(17)21-14-13-20-12-10-16-7-5-6-11-19-16/h3-4,8-9,15-16,19H,5-7,10-14H2,1-2H3. The van der Waals surface area contributed by atoms with Crippen LogP contribution in [0.2, 0.25) is 0 Å². The molecule has 1 aliphatic heterocycles. The Kier molecular flexibility index (Phi) is 7.04. The summed E-state index contributed by atoms with van der Waals surface area (Å²) in [5.41, 5.74) is 1.27. The largest absolute Gasteiger partial charge is 0.491 e. The van der Waals surface area contributed by atoms with Crippen molar-refractivity contribution in [2.24, 2.45) is 0 Å². The van der Waals surface area contributed by atoms with E-state index in [2.05, 4.69) is 31.3 Å². The minimum absolute atomic E-state index is 0.486. The first kappa shape index (κ1) is 16.3. The number of ether oxygens (including phenoxy) is 2. The fourth-order valence-corrected chi connectivity index (χ4v) is 2.80. The van der Waals surface area contributed by atoms with Gasteiger partial charge in [0.15, 0.2) is 0 Å². The van der Waals surface area contributed by atoms with Gasteiger partial charge in [0.1, 0.15) is 12.4 Å². The van der Waals surface area contributed by atoms with E-state index in [9.17, 15) is 0 Å². The minimum Gasteiger partial charge on any atom is -0.491 e. The van der Waals surface area contributed by atoms with E-state index in [0.29, 0.717) is 25.2 Å². The van der Waals surface area contributed by atoms with Crippen LogP contribution in [-0.2, 0) is 4.74 Å². The fraction of sp³-hybridized carbons (Fsp3) is 0.667. The Hall–Kier alpha value is -1.06. The van der Waals surface area contributed by atoms with E-state index in [-0.39, 0.29) is 0 Å². The maximum absolute atomic E-state index is 5.85. The summed E-state index contributed by atoms with van der Waals surface area (Å²) in [5.74, 6) is 1.48. The first-order valence-electron chi connectivity index (χ1n) is 8.30. The van der Waals surface area contributed by atoms with Crippen molar-refractivity contribution in [3.63, 3.8) is 0 Å². The summed E-state index contributed by atoms with van der Waals surface area (Å²) < 4.78 is 11.5. The quantitative estimate of drug-likeness (QED) is 0.740. The van der Waals surface area contributed by atoms with Crippen LogP contribution in [0.25, 0.3) is 0 Å². The fourth-order valence-electron chi connectivity index (χ4n) is 2.80. The zero-order valence-corrected chi connectivity index (χ0v) is 13.4. The molecular formula is C18H29NO2. The van der Waals surface area contributed by atoms with Crippen molar-refractivity contribution < 1.29 is 9.47 Å². The van der Waals surface area contributed by atoms with Gasteiger partial charge in [0.2, 0.25) is 0 Å². The van der Waals surface area contributed by atoms with E-state index < -0.39 is 0 Å². The molecule has 1 N–H and O–H groups in total. The van der Waals surface area contributed by atoms with Crippen LogP contribution in [0.4, 0.5) is 0 Å². The summed E-state index contributed by atoms with van der Waals surface area (Å²) in [4.78, 5) is 0. The van der Waals surface area contributed by atoms with Crippen LogP contribution in [0, 0.1) is 0 Å². The van der Waals surface area contributed by atoms with E-state index in [4.69, 9.17) is 9.47 Å². The molecule has 1 unspecified atom stereocenters. The molecule has 1 atom stereocenters. The van der Waals surface area contributed by atoms with Crippen LogP contribution < -0.4 is 10.1 Å². The van der Waals surface area contributed by atoms with E-state index in [1.54, 1.807) is 0 Å². The second-order valence-corrected chi connectivity index (χ2v) is 6.09. The molecule has 3 heteroatoms. The van der Waals surface area contributed by atoms with Crippen molar-refractivity contribution in [1.82, 2.24) is 5.32 Å². The zero-order chi connectivity index (χ0) is 14.9. The summed E-state index contributed by atoms with van der Waals surface area (Å²) in [6.07, 6.45) is 5.08. The van der Waals surface area contributed by atoms with Crippen LogP contribution in [0.5, 0.6) is 5.75 Å². The first-order chi connectivity index (χ1) is 10.3. The van der Waals surface area contributed by atoms with Gasteiger partial charge in [-0.2, -0.15) is 0 Å². The number of hydrogen-bond donors (Lipinski definition) is 1. The average molecular weight is 291 g/mol. The SMILES string of the molecule is CC(C)c1ccccc1OCCOCCC1CCCCN1. The molecule has 118 valence electrons. The van der Waals surface area contributed by atoms with E-state index >= 15 is 0 Å². The summed E-state index contributed by atoms with van der Waals surface area (Å²) in [5, 5.41) is 3.54. The second-order valence-electron chi connectivity index (χ2n) is 6.09. The molecule has 0 aromatic heterocycles. The minimum atomic E-state index is 0.486. The monoisotopic (exact) mass is 291 g/mol. The number of rotatable bonds is 8. The molecule has 2 rings (SSSR count). The summed E-state index contributed by atoms with van der Waals surface area (Å²) in [6.45, 7) is 7.67. The Morgan fingerprint density at radius 2 is 2.00 bits per heavy atom. The van der Waals surface area contributed by atoms with Gasteiger partial charge in [-0.25, -0.2) is 0 Å². The maximum atomic E-state index is 5.85. The van der Waals surface area contributed by atoms with Gasteiger partial charge in [-0.1, -0.05) is 38.5 Å². The van der Waals surface area contributed by atoms with Gasteiger partial charge >= 0.3 is 0 Å². The van der Waals surface area contributed by atoms with Gasteiger partial charge in [0.05, 0.1) is 6.61 Å². The van der Waals surface area contributed by atoms with E-state index in [0.717, 1.165) is 18.8 Å². The Balaban J connectivity index is 1.59. The molecule has 0 saturated carbocycles. The van der Waals surface area contributed by atoms with Gasteiger partial charge < -0.3 is 14.8 Å². The van der Waals surface area contributed by atoms with Crippen molar-refractivity contribution in [2.75, 3.05) is 26.4 Å². The van der Waals surface area contributed by atoms with Crippen LogP contribution in [-0.4, -0.2) is 32.4 Å². The lowest BCUT2D eigenvalue weighted by Gasteiger charge is -2.23. The Morgan fingerprint density at radius 3 is 2.76 bits per heavy atom. The Morgan fingerprint density at radius 1 is 1.14 bits per heavy atom. The Labute approximate surface area is 129 Å². The molecule has 1 fully saturated rings. The summed E-state index contributed by atoms with van der Waals surface area (Å²) in [7, 11) is 0.